The smallest absolute Gasteiger partial charge is 0.272 e. The Morgan fingerprint density at radius 2 is 2.31 bits per heavy atom. The summed E-state index contributed by atoms with van der Waals surface area (Å²) in [5, 5.41) is 28.4. The molecule has 5 heteroatoms. The van der Waals surface area contributed by atoms with Gasteiger partial charge in [0.05, 0.1) is 16.6 Å². The number of nitriles is 1. The Bertz CT molecular complexity index is 437. The summed E-state index contributed by atoms with van der Waals surface area (Å²) in [6.45, 7) is 1.76. The number of hydrogen-bond donors (Lipinski definition) is 1. The molecular weight excluding hydrogens is 208 g/mol. The van der Waals surface area contributed by atoms with Gasteiger partial charge in [0, 0.05) is 18.2 Å². The third-order valence-corrected chi connectivity index (χ3v) is 2.29. The summed E-state index contributed by atoms with van der Waals surface area (Å²) in [6, 6.07) is 6.20. The van der Waals surface area contributed by atoms with Gasteiger partial charge >= 0.3 is 0 Å². The molecule has 0 saturated heterocycles. The van der Waals surface area contributed by atoms with E-state index in [9.17, 15) is 10.1 Å². The number of hydrogen-bond acceptors (Lipinski definition) is 4. The second-order valence-electron chi connectivity index (χ2n) is 3.70. The molecule has 0 amide bonds. The van der Waals surface area contributed by atoms with Gasteiger partial charge in [-0.2, -0.15) is 5.26 Å². The molecule has 5 nitrogen and oxygen atoms in total. The van der Waals surface area contributed by atoms with Gasteiger partial charge in [-0.25, -0.2) is 0 Å². The van der Waals surface area contributed by atoms with Gasteiger partial charge in [-0.1, -0.05) is 6.92 Å². The second-order valence-corrected chi connectivity index (χ2v) is 3.70. The highest BCUT2D eigenvalue weighted by Gasteiger charge is 2.16. The molecule has 84 valence electrons. The first-order chi connectivity index (χ1) is 7.58. The van der Waals surface area contributed by atoms with Crippen LogP contribution >= 0.6 is 0 Å². The molecule has 0 spiro atoms. The first kappa shape index (κ1) is 12.1. The van der Waals surface area contributed by atoms with Crippen molar-refractivity contribution in [1.82, 2.24) is 0 Å². The third-order valence-electron chi connectivity index (χ3n) is 2.29. The quantitative estimate of drug-likeness (QED) is 0.617. The van der Waals surface area contributed by atoms with Gasteiger partial charge in [-0.05, 0) is 24.5 Å². The second kappa shape index (κ2) is 5.24. The highest BCUT2D eigenvalue weighted by Crippen LogP contribution is 2.22. The van der Waals surface area contributed by atoms with Crippen LogP contribution in [-0.2, 0) is 6.42 Å². The van der Waals surface area contributed by atoms with Gasteiger partial charge in [-0.3, -0.25) is 10.1 Å². The van der Waals surface area contributed by atoms with Crippen LogP contribution in [-0.4, -0.2) is 16.6 Å². The Labute approximate surface area is 93.1 Å². The molecule has 0 radical (unpaired) electrons. The average molecular weight is 220 g/mol. The van der Waals surface area contributed by atoms with Crippen molar-refractivity contribution in [2.24, 2.45) is 5.92 Å². The molecule has 0 aromatic heterocycles. The van der Waals surface area contributed by atoms with E-state index >= 15 is 0 Å². The summed E-state index contributed by atoms with van der Waals surface area (Å²) < 4.78 is 0. The minimum Gasteiger partial charge on any atom is -0.396 e. The molecule has 0 aliphatic carbocycles. The maximum atomic E-state index is 10.8. The third kappa shape index (κ3) is 2.78. The number of rotatable bonds is 4. The van der Waals surface area contributed by atoms with E-state index < -0.39 is 4.92 Å². The maximum absolute atomic E-state index is 10.8. The van der Waals surface area contributed by atoms with Crippen LogP contribution in [0.3, 0.4) is 0 Å². The lowest BCUT2D eigenvalue weighted by atomic mass is 9.99. The Kier molecular flexibility index (Phi) is 3.97. The predicted molar refractivity (Wildman–Crippen MR) is 57.8 cm³/mol. The first-order valence-electron chi connectivity index (χ1n) is 4.86. The molecule has 1 rings (SSSR count). The fourth-order valence-corrected chi connectivity index (χ4v) is 1.44. The molecule has 0 aliphatic rings. The summed E-state index contributed by atoms with van der Waals surface area (Å²) in [5.74, 6) is -0.0624. The van der Waals surface area contributed by atoms with Gasteiger partial charge in [0.25, 0.3) is 5.69 Å². The van der Waals surface area contributed by atoms with Crippen LogP contribution in [0.2, 0.25) is 0 Å². The summed E-state index contributed by atoms with van der Waals surface area (Å²) >= 11 is 0. The monoisotopic (exact) mass is 220 g/mol. The SMILES string of the molecule is CC(CO)Cc1cc(C#N)ccc1[N+](=O)[O-]. The Morgan fingerprint density at radius 3 is 2.81 bits per heavy atom. The van der Waals surface area contributed by atoms with E-state index in [0.717, 1.165) is 0 Å². The van der Waals surface area contributed by atoms with Gasteiger partial charge in [-0.15, -0.1) is 0 Å². The predicted octanol–water partition coefficient (Wildman–Crippen LogP) is 1.64. The highest BCUT2D eigenvalue weighted by atomic mass is 16.6. The van der Waals surface area contributed by atoms with Crippen molar-refractivity contribution >= 4 is 5.69 Å². The molecule has 0 fully saturated rings. The van der Waals surface area contributed by atoms with Crippen molar-refractivity contribution in [2.75, 3.05) is 6.61 Å². The van der Waals surface area contributed by atoms with E-state index in [2.05, 4.69) is 0 Å². The van der Waals surface area contributed by atoms with E-state index in [-0.39, 0.29) is 18.2 Å². The molecule has 1 unspecified atom stereocenters. The molecule has 1 atom stereocenters. The Balaban J connectivity index is 3.11. The normalized spacial score (nSPS) is 11.8. The van der Waals surface area contributed by atoms with Crippen LogP contribution in [0.5, 0.6) is 0 Å². The van der Waals surface area contributed by atoms with Crippen molar-refractivity contribution in [3.05, 3.63) is 39.4 Å². The minimum absolute atomic E-state index is 0.000648. The molecule has 16 heavy (non-hydrogen) atoms. The van der Waals surface area contributed by atoms with Crippen LogP contribution in [0.15, 0.2) is 18.2 Å². The average Bonchev–Trinajstić information content (AvgIpc) is 2.28. The maximum Gasteiger partial charge on any atom is 0.272 e. The number of nitrogens with zero attached hydrogens (tertiary/aromatic N) is 2. The zero-order chi connectivity index (χ0) is 12.1. The van der Waals surface area contributed by atoms with E-state index in [0.29, 0.717) is 17.5 Å². The first-order valence-corrected chi connectivity index (χ1v) is 4.86. The molecule has 0 saturated carbocycles. The largest absolute Gasteiger partial charge is 0.396 e. The van der Waals surface area contributed by atoms with Gasteiger partial charge in [0.15, 0.2) is 0 Å². The fraction of sp³-hybridized carbons (Fsp3) is 0.364. The van der Waals surface area contributed by atoms with Gasteiger partial charge in [0.1, 0.15) is 0 Å². The lowest BCUT2D eigenvalue weighted by molar-refractivity contribution is -0.385. The number of aliphatic hydroxyl groups is 1. The van der Waals surface area contributed by atoms with E-state index in [1.807, 2.05) is 6.07 Å². The van der Waals surface area contributed by atoms with Crippen LogP contribution < -0.4 is 0 Å². The lowest BCUT2D eigenvalue weighted by Gasteiger charge is -2.08. The number of aliphatic hydroxyl groups excluding tert-OH is 1. The van der Waals surface area contributed by atoms with E-state index in [1.165, 1.54) is 18.2 Å². The molecule has 1 aromatic carbocycles. The Hall–Kier alpha value is -1.93. The number of nitro benzene ring substituents is 1. The van der Waals surface area contributed by atoms with Gasteiger partial charge in [0.2, 0.25) is 0 Å². The molecule has 1 N–H and O–H groups in total. The van der Waals surface area contributed by atoms with Crippen molar-refractivity contribution in [3.8, 4) is 6.07 Å². The lowest BCUT2D eigenvalue weighted by Crippen LogP contribution is -2.07. The summed E-state index contributed by atoms with van der Waals surface area (Å²) in [6.07, 6.45) is 0.391. The zero-order valence-electron chi connectivity index (χ0n) is 8.88. The highest BCUT2D eigenvalue weighted by molar-refractivity contribution is 5.46. The fourth-order valence-electron chi connectivity index (χ4n) is 1.44. The van der Waals surface area contributed by atoms with Crippen molar-refractivity contribution < 1.29 is 10.0 Å². The van der Waals surface area contributed by atoms with Crippen molar-refractivity contribution in [2.45, 2.75) is 13.3 Å². The molecule has 0 aliphatic heterocycles. The molecule has 0 heterocycles. The molecule has 0 bridgehead atoms. The van der Waals surface area contributed by atoms with Crippen LogP contribution in [0, 0.1) is 27.4 Å². The Morgan fingerprint density at radius 1 is 1.62 bits per heavy atom. The standard InChI is InChI=1S/C11H12N2O3/c1-8(7-14)4-10-5-9(6-12)2-3-11(10)13(15)16/h2-3,5,8,14H,4,7H2,1H3. The summed E-state index contributed by atoms with van der Waals surface area (Å²) in [7, 11) is 0. The van der Waals surface area contributed by atoms with Crippen LogP contribution in [0.25, 0.3) is 0 Å². The molecule has 1 aromatic rings. The summed E-state index contributed by atoms with van der Waals surface area (Å²) in [4.78, 5) is 10.3. The van der Waals surface area contributed by atoms with E-state index in [1.54, 1.807) is 6.92 Å². The number of nitro groups is 1. The van der Waals surface area contributed by atoms with Gasteiger partial charge < -0.3 is 5.11 Å². The van der Waals surface area contributed by atoms with E-state index in [4.69, 9.17) is 10.4 Å². The minimum atomic E-state index is -0.472. The zero-order valence-corrected chi connectivity index (χ0v) is 8.88. The van der Waals surface area contributed by atoms with Crippen LogP contribution in [0.4, 0.5) is 5.69 Å². The number of benzene rings is 1. The van der Waals surface area contributed by atoms with Crippen LogP contribution in [0.1, 0.15) is 18.1 Å². The summed E-state index contributed by atoms with van der Waals surface area (Å²) in [5.41, 5.74) is 0.885. The van der Waals surface area contributed by atoms with Crippen molar-refractivity contribution in [1.29, 1.82) is 5.26 Å². The topological polar surface area (TPSA) is 87.2 Å². The van der Waals surface area contributed by atoms with Crippen molar-refractivity contribution in [3.63, 3.8) is 0 Å². The molecular formula is C11H12N2O3.